The van der Waals surface area contributed by atoms with E-state index in [-0.39, 0.29) is 18.3 Å². The molecule has 0 aliphatic carbocycles. The van der Waals surface area contributed by atoms with Crippen molar-refractivity contribution in [2.75, 3.05) is 26.3 Å². The van der Waals surface area contributed by atoms with Gasteiger partial charge in [0.25, 0.3) is 0 Å². The Labute approximate surface area is 247 Å². The molecule has 218 valence electrons. The number of carboxylic acids is 1. The molecule has 1 N–H and O–H groups in total. The van der Waals surface area contributed by atoms with Crippen LogP contribution in [0.5, 0.6) is 11.5 Å². The third-order valence-corrected chi connectivity index (χ3v) is 8.85. The van der Waals surface area contributed by atoms with E-state index in [1.54, 1.807) is 30.3 Å². The molecule has 2 atom stereocenters. The number of rotatable bonds is 7. The summed E-state index contributed by atoms with van der Waals surface area (Å²) in [5.41, 5.74) is 3.44. The third-order valence-electron chi connectivity index (χ3n) is 8.61. The minimum Gasteiger partial charge on any atom is -0.485 e. The van der Waals surface area contributed by atoms with E-state index in [0.29, 0.717) is 35.3 Å². The fraction of sp³-hybridized carbons (Fsp3) is 0.375. The van der Waals surface area contributed by atoms with Gasteiger partial charge in [-0.25, -0.2) is 14.2 Å². The first-order valence-electron chi connectivity index (χ1n) is 14.4. The van der Waals surface area contributed by atoms with Gasteiger partial charge in [-0.2, -0.15) is 0 Å². The number of hydrogen-bond donors (Lipinski definition) is 1. The van der Waals surface area contributed by atoms with Gasteiger partial charge in [-0.05, 0) is 74.7 Å². The van der Waals surface area contributed by atoms with Crippen LogP contribution in [-0.4, -0.2) is 57.9 Å². The van der Waals surface area contributed by atoms with E-state index in [9.17, 15) is 14.3 Å². The minimum absolute atomic E-state index is 0.127. The van der Waals surface area contributed by atoms with Crippen LogP contribution in [-0.2, 0) is 17.8 Å². The fourth-order valence-corrected chi connectivity index (χ4v) is 6.39. The summed E-state index contributed by atoms with van der Waals surface area (Å²) in [5.74, 6) is 1.27. The molecule has 42 heavy (non-hydrogen) atoms. The van der Waals surface area contributed by atoms with Gasteiger partial charge in [0.2, 0.25) is 0 Å². The topological polar surface area (TPSA) is 86.0 Å². The summed E-state index contributed by atoms with van der Waals surface area (Å²) in [5, 5.41) is 9.87. The number of nitrogens with zero attached hydrogens (tertiary/aromatic N) is 3. The molecular weight excluding hydrogens is 561 g/mol. The quantitative estimate of drug-likeness (QED) is 0.273. The van der Waals surface area contributed by atoms with Gasteiger partial charge in [-0.3, -0.25) is 4.90 Å². The van der Waals surface area contributed by atoms with Crippen LogP contribution < -0.4 is 9.47 Å². The number of hydrogen-bond acceptors (Lipinski definition) is 6. The molecule has 3 aliphatic heterocycles. The molecule has 3 aliphatic rings. The van der Waals surface area contributed by atoms with E-state index >= 15 is 0 Å². The molecule has 3 aromatic carbocycles. The maximum absolute atomic E-state index is 14.5. The Bertz CT molecular complexity index is 1650. The van der Waals surface area contributed by atoms with Crippen molar-refractivity contribution in [1.82, 2.24) is 14.5 Å². The lowest BCUT2D eigenvalue weighted by atomic mass is 9.88. The van der Waals surface area contributed by atoms with Gasteiger partial charge in [-0.15, -0.1) is 0 Å². The molecular formula is C32H31ClFN3O5. The van der Waals surface area contributed by atoms with E-state index in [1.165, 1.54) is 6.07 Å². The standard InChI is InChI=1S/C32H31ClFN3O5/c33-21-5-6-24(25(34)15-21)29-18-41-31-23(2-1-3-28(31)42-29)19-8-11-36(12-9-19)17-30-35-26-7-4-20(32(38)39)14-27(26)37(30)16-22-10-13-40-22/h1-7,14-15,19,22,29H,8-13,16-18H2,(H,38,39)/t22-,29-/m0/s1. The van der Waals surface area contributed by atoms with Crippen molar-refractivity contribution in [2.24, 2.45) is 0 Å². The number of carboxylic acid groups (broad SMARTS) is 1. The van der Waals surface area contributed by atoms with Crippen molar-refractivity contribution < 1.29 is 28.5 Å². The second-order valence-electron chi connectivity index (χ2n) is 11.2. The Morgan fingerprint density at radius 3 is 2.64 bits per heavy atom. The van der Waals surface area contributed by atoms with Crippen LogP contribution in [0.15, 0.2) is 54.6 Å². The fourth-order valence-electron chi connectivity index (χ4n) is 6.23. The molecule has 0 radical (unpaired) electrons. The summed E-state index contributed by atoms with van der Waals surface area (Å²) in [6, 6.07) is 15.7. The van der Waals surface area contributed by atoms with Gasteiger partial charge in [0, 0.05) is 22.8 Å². The molecule has 8 nitrogen and oxygen atoms in total. The number of aromatic carboxylic acids is 1. The summed E-state index contributed by atoms with van der Waals surface area (Å²) in [4.78, 5) is 18.9. The van der Waals surface area contributed by atoms with Crippen LogP contribution >= 0.6 is 11.6 Å². The van der Waals surface area contributed by atoms with Crippen LogP contribution in [0, 0.1) is 5.82 Å². The molecule has 0 bridgehead atoms. The molecule has 2 fully saturated rings. The second kappa shape index (κ2) is 11.2. The van der Waals surface area contributed by atoms with Crippen molar-refractivity contribution in [3.05, 3.63) is 88.0 Å². The molecule has 7 rings (SSSR count). The lowest BCUT2D eigenvalue weighted by molar-refractivity contribution is -0.0592. The third kappa shape index (κ3) is 5.21. The summed E-state index contributed by atoms with van der Waals surface area (Å²) >= 11 is 5.92. The van der Waals surface area contributed by atoms with Gasteiger partial charge in [0.1, 0.15) is 18.2 Å². The van der Waals surface area contributed by atoms with Gasteiger partial charge >= 0.3 is 5.97 Å². The largest absolute Gasteiger partial charge is 0.485 e. The van der Waals surface area contributed by atoms with Crippen LogP contribution in [0.1, 0.15) is 58.6 Å². The van der Waals surface area contributed by atoms with Crippen molar-refractivity contribution in [1.29, 1.82) is 0 Å². The Morgan fingerprint density at radius 2 is 1.90 bits per heavy atom. The molecule has 4 aromatic rings. The molecule has 1 aromatic heterocycles. The van der Waals surface area contributed by atoms with Gasteiger partial charge in [0.05, 0.1) is 35.8 Å². The zero-order valence-corrected chi connectivity index (χ0v) is 23.7. The van der Waals surface area contributed by atoms with Gasteiger partial charge < -0.3 is 23.9 Å². The molecule has 0 unspecified atom stereocenters. The Balaban J connectivity index is 1.05. The first-order chi connectivity index (χ1) is 20.4. The lowest BCUT2D eigenvalue weighted by Gasteiger charge is -2.35. The SMILES string of the molecule is O=C(O)c1ccc2nc(CN3CCC(c4cccc5c4OC[C@@H](c4ccc(Cl)cc4F)O5)CC3)n(C[C@@H]3CCO3)c2c1. The summed E-state index contributed by atoms with van der Waals surface area (Å²) < 4.78 is 34.8. The average molecular weight is 592 g/mol. The number of halogens is 2. The number of para-hydroxylation sites is 1. The number of aromatic nitrogens is 2. The number of ether oxygens (including phenoxy) is 3. The van der Waals surface area contributed by atoms with Crippen molar-refractivity contribution in [3.63, 3.8) is 0 Å². The van der Waals surface area contributed by atoms with Crippen molar-refractivity contribution >= 4 is 28.6 Å². The normalized spacial score (nSPS) is 20.9. The highest BCUT2D eigenvalue weighted by molar-refractivity contribution is 6.30. The Morgan fingerprint density at radius 1 is 1.07 bits per heavy atom. The van der Waals surface area contributed by atoms with E-state index in [1.807, 2.05) is 12.1 Å². The molecule has 0 saturated carbocycles. The van der Waals surface area contributed by atoms with E-state index in [2.05, 4.69) is 15.5 Å². The molecule has 10 heteroatoms. The number of carbonyl (C=O) groups is 1. The summed E-state index contributed by atoms with van der Waals surface area (Å²) in [6.45, 7) is 4.11. The van der Waals surface area contributed by atoms with E-state index < -0.39 is 17.9 Å². The highest BCUT2D eigenvalue weighted by atomic mass is 35.5. The van der Waals surface area contributed by atoms with Crippen LogP contribution in [0.4, 0.5) is 4.39 Å². The lowest BCUT2D eigenvalue weighted by Crippen LogP contribution is -2.35. The summed E-state index contributed by atoms with van der Waals surface area (Å²) in [7, 11) is 0. The first kappa shape index (κ1) is 27.2. The smallest absolute Gasteiger partial charge is 0.335 e. The van der Waals surface area contributed by atoms with Gasteiger partial charge in [0.15, 0.2) is 17.6 Å². The maximum Gasteiger partial charge on any atom is 0.335 e. The number of likely N-dealkylation sites (tertiary alicyclic amines) is 1. The monoisotopic (exact) mass is 591 g/mol. The first-order valence-corrected chi connectivity index (χ1v) is 14.7. The predicted molar refractivity (Wildman–Crippen MR) is 155 cm³/mol. The zero-order chi connectivity index (χ0) is 28.8. The van der Waals surface area contributed by atoms with Crippen molar-refractivity contribution in [3.8, 4) is 11.5 Å². The Hall–Kier alpha value is -3.66. The van der Waals surface area contributed by atoms with Gasteiger partial charge in [-0.1, -0.05) is 29.8 Å². The number of fused-ring (bicyclic) bond motifs is 2. The number of benzene rings is 3. The molecule has 0 spiro atoms. The minimum atomic E-state index is -0.946. The highest BCUT2D eigenvalue weighted by Gasteiger charge is 2.31. The average Bonchev–Trinajstić information content (AvgIpc) is 3.30. The number of imidazole rings is 1. The van der Waals surface area contributed by atoms with Crippen LogP contribution in [0.25, 0.3) is 11.0 Å². The summed E-state index contributed by atoms with van der Waals surface area (Å²) in [6.07, 6.45) is 2.48. The molecule has 4 heterocycles. The predicted octanol–water partition coefficient (Wildman–Crippen LogP) is 6.21. The second-order valence-corrected chi connectivity index (χ2v) is 11.7. The van der Waals surface area contributed by atoms with E-state index in [0.717, 1.165) is 67.1 Å². The molecule has 2 saturated heterocycles. The van der Waals surface area contributed by atoms with Crippen LogP contribution in [0.2, 0.25) is 5.02 Å². The van der Waals surface area contributed by atoms with Crippen LogP contribution in [0.3, 0.4) is 0 Å². The highest BCUT2D eigenvalue weighted by Crippen LogP contribution is 2.44. The molecule has 0 amide bonds. The Kier molecular flexibility index (Phi) is 7.25. The number of piperidine rings is 1. The maximum atomic E-state index is 14.5. The van der Waals surface area contributed by atoms with Crippen molar-refractivity contribution in [2.45, 2.75) is 50.5 Å². The van der Waals surface area contributed by atoms with E-state index in [4.69, 9.17) is 30.8 Å². The zero-order valence-electron chi connectivity index (χ0n) is 23.0.